The Balaban J connectivity index is 3.26. The van der Waals surface area contributed by atoms with E-state index in [0.717, 1.165) is 6.07 Å². The van der Waals surface area contributed by atoms with Crippen molar-refractivity contribution in [2.45, 2.75) is 0 Å². The van der Waals surface area contributed by atoms with E-state index in [1.165, 1.54) is 12.1 Å². The number of nitro benzene ring substituents is 1. The van der Waals surface area contributed by atoms with Crippen LogP contribution in [0.1, 0.15) is 10.4 Å². The minimum absolute atomic E-state index is 0.124. The van der Waals surface area contributed by atoms with Crippen LogP contribution in [-0.2, 0) is 0 Å². The van der Waals surface area contributed by atoms with Crippen LogP contribution in [0.15, 0.2) is 18.2 Å². The Morgan fingerprint density at radius 1 is 1.46 bits per heavy atom. The number of hydrogen-bond acceptors (Lipinski definition) is 3. The fourth-order valence-electron chi connectivity index (χ4n) is 0.822. The molecule has 0 aliphatic heterocycles. The van der Waals surface area contributed by atoms with Crippen LogP contribution < -0.4 is 5.73 Å². The zero-order valence-corrected chi connectivity index (χ0v) is 8.52. The van der Waals surface area contributed by atoms with Gasteiger partial charge in [0.15, 0.2) is 0 Å². The van der Waals surface area contributed by atoms with E-state index in [1.54, 1.807) is 0 Å². The summed E-state index contributed by atoms with van der Waals surface area (Å²) >= 11 is 1.89. The van der Waals surface area contributed by atoms with Gasteiger partial charge in [0.1, 0.15) is 0 Å². The third kappa shape index (κ3) is 2.38. The number of halogens is 1. The molecule has 0 atom stereocenters. The summed E-state index contributed by atoms with van der Waals surface area (Å²) in [7, 11) is 0. The van der Waals surface area contributed by atoms with Crippen LogP contribution in [0.4, 0.5) is 5.69 Å². The van der Waals surface area contributed by atoms with E-state index in [1.807, 2.05) is 22.6 Å². The number of nitrogens with two attached hydrogens (primary N) is 1. The van der Waals surface area contributed by atoms with E-state index in [4.69, 9.17) is 5.73 Å². The second kappa shape index (κ2) is 3.69. The Morgan fingerprint density at radius 2 is 2.08 bits per heavy atom. The molecule has 68 valence electrons. The van der Waals surface area contributed by atoms with Gasteiger partial charge in [-0.05, 0) is 28.7 Å². The molecule has 0 spiro atoms. The zero-order valence-electron chi connectivity index (χ0n) is 6.36. The average molecular weight is 292 g/mol. The molecule has 0 unspecified atom stereocenters. The Labute approximate surface area is 87.2 Å². The van der Waals surface area contributed by atoms with Crippen molar-refractivity contribution in [1.29, 1.82) is 0 Å². The van der Waals surface area contributed by atoms with Gasteiger partial charge in [0, 0.05) is 21.3 Å². The predicted octanol–water partition coefficient (Wildman–Crippen LogP) is 1.30. The maximum Gasteiger partial charge on any atom is 0.271 e. The summed E-state index contributed by atoms with van der Waals surface area (Å²) in [5, 5.41) is 10.4. The van der Waals surface area contributed by atoms with Crippen molar-refractivity contribution < 1.29 is 9.72 Å². The van der Waals surface area contributed by atoms with Crippen LogP contribution in [-0.4, -0.2) is 10.8 Å². The molecule has 0 aromatic heterocycles. The number of rotatable bonds is 2. The third-order valence-corrected chi connectivity index (χ3v) is 2.00. The molecule has 2 N–H and O–H groups in total. The molecule has 13 heavy (non-hydrogen) atoms. The normalized spacial score (nSPS) is 9.62. The molecule has 1 aromatic carbocycles. The van der Waals surface area contributed by atoms with Crippen LogP contribution >= 0.6 is 22.6 Å². The maximum absolute atomic E-state index is 10.7. The molecule has 0 heterocycles. The highest BCUT2D eigenvalue weighted by Crippen LogP contribution is 2.18. The standard InChI is InChI=1S/C7H5IN2O3/c8-5-1-4(7(9)11)2-6(3-5)10(12)13/h1-3H,(H2,9,11). The predicted molar refractivity (Wildman–Crippen MR) is 54.3 cm³/mol. The maximum atomic E-state index is 10.7. The Morgan fingerprint density at radius 3 is 2.54 bits per heavy atom. The molecule has 1 aromatic rings. The summed E-state index contributed by atoms with van der Waals surface area (Å²) in [6, 6.07) is 4.02. The second-order valence-electron chi connectivity index (χ2n) is 2.32. The number of nitro groups is 1. The van der Waals surface area contributed by atoms with Crippen LogP contribution in [0, 0.1) is 13.7 Å². The topological polar surface area (TPSA) is 86.2 Å². The van der Waals surface area contributed by atoms with E-state index in [2.05, 4.69) is 0 Å². The molecule has 5 nitrogen and oxygen atoms in total. The molecule has 0 fully saturated rings. The number of carbonyl (C=O) groups excluding carboxylic acids is 1. The van der Waals surface area contributed by atoms with Gasteiger partial charge < -0.3 is 5.73 Å². The smallest absolute Gasteiger partial charge is 0.271 e. The number of amides is 1. The first-order valence-corrected chi connectivity index (χ1v) is 4.33. The molecular formula is C7H5IN2O3. The minimum Gasteiger partial charge on any atom is -0.366 e. The quantitative estimate of drug-likeness (QED) is 0.506. The average Bonchev–Trinajstić information content (AvgIpc) is 2.03. The number of hydrogen-bond donors (Lipinski definition) is 1. The van der Waals surface area contributed by atoms with Gasteiger partial charge in [-0.3, -0.25) is 14.9 Å². The van der Waals surface area contributed by atoms with E-state index in [0.29, 0.717) is 3.57 Å². The largest absolute Gasteiger partial charge is 0.366 e. The molecule has 0 aliphatic carbocycles. The lowest BCUT2D eigenvalue weighted by Gasteiger charge is -1.97. The van der Waals surface area contributed by atoms with Crippen LogP contribution in [0.25, 0.3) is 0 Å². The molecule has 1 rings (SSSR count). The second-order valence-corrected chi connectivity index (χ2v) is 3.57. The van der Waals surface area contributed by atoms with Crippen molar-refractivity contribution in [3.8, 4) is 0 Å². The summed E-state index contributed by atoms with van der Waals surface area (Å²) in [4.78, 5) is 20.5. The van der Waals surface area contributed by atoms with Gasteiger partial charge in [-0.2, -0.15) is 0 Å². The van der Waals surface area contributed by atoms with Crippen LogP contribution in [0.2, 0.25) is 0 Å². The number of nitrogens with zero attached hydrogens (tertiary/aromatic N) is 1. The molecule has 1 amide bonds. The van der Waals surface area contributed by atoms with Gasteiger partial charge in [-0.25, -0.2) is 0 Å². The fourth-order valence-corrected chi connectivity index (χ4v) is 1.48. The van der Waals surface area contributed by atoms with Gasteiger partial charge in [-0.15, -0.1) is 0 Å². The van der Waals surface area contributed by atoms with E-state index in [9.17, 15) is 14.9 Å². The first kappa shape index (κ1) is 9.90. The highest BCUT2D eigenvalue weighted by molar-refractivity contribution is 14.1. The highest BCUT2D eigenvalue weighted by atomic mass is 127. The Bertz CT molecular complexity index is 346. The third-order valence-electron chi connectivity index (χ3n) is 1.38. The molecular weight excluding hydrogens is 287 g/mol. The van der Waals surface area contributed by atoms with Crippen molar-refractivity contribution in [2.75, 3.05) is 0 Å². The van der Waals surface area contributed by atoms with Crippen molar-refractivity contribution in [2.24, 2.45) is 5.73 Å². The van der Waals surface area contributed by atoms with Crippen molar-refractivity contribution in [3.63, 3.8) is 0 Å². The van der Waals surface area contributed by atoms with Gasteiger partial charge in [0.25, 0.3) is 5.69 Å². The number of primary amides is 1. The Hall–Kier alpha value is -1.18. The molecule has 0 saturated heterocycles. The van der Waals surface area contributed by atoms with Crippen LogP contribution in [0.3, 0.4) is 0 Å². The first-order chi connectivity index (χ1) is 6.00. The summed E-state index contributed by atoms with van der Waals surface area (Å²) in [6.45, 7) is 0. The lowest BCUT2D eigenvalue weighted by atomic mass is 10.2. The molecule has 0 radical (unpaired) electrons. The van der Waals surface area contributed by atoms with Gasteiger partial charge in [0.05, 0.1) is 4.92 Å². The van der Waals surface area contributed by atoms with E-state index in [-0.39, 0.29) is 11.3 Å². The summed E-state index contributed by atoms with van der Waals surface area (Å²) in [5.41, 5.74) is 5.01. The zero-order chi connectivity index (χ0) is 10.0. The van der Waals surface area contributed by atoms with Gasteiger partial charge in [-0.1, -0.05) is 0 Å². The van der Waals surface area contributed by atoms with Crippen molar-refractivity contribution >= 4 is 34.2 Å². The minimum atomic E-state index is -0.665. The summed E-state index contributed by atoms with van der Waals surface area (Å²) < 4.78 is 0.612. The lowest BCUT2D eigenvalue weighted by molar-refractivity contribution is -0.385. The number of carbonyl (C=O) groups is 1. The monoisotopic (exact) mass is 292 g/mol. The molecule has 0 saturated carbocycles. The SMILES string of the molecule is NC(=O)c1cc(I)cc([N+](=O)[O-])c1. The van der Waals surface area contributed by atoms with Gasteiger partial charge >= 0.3 is 0 Å². The number of benzene rings is 1. The molecule has 0 aliphatic rings. The van der Waals surface area contributed by atoms with Crippen molar-refractivity contribution in [1.82, 2.24) is 0 Å². The summed E-state index contributed by atoms with van der Waals surface area (Å²) in [5.74, 6) is -0.665. The molecule has 6 heteroatoms. The van der Waals surface area contributed by atoms with Crippen molar-refractivity contribution in [3.05, 3.63) is 37.4 Å². The number of non-ortho nitro benzene ring substituents is 1. The van der Waals surface area contributed by atoms with E-state index < -0.39 is 10.8 Å². The highest BCUT2D eigenvalue weighted by Gasteiger charge is 2.10. The first-order valence-electron chi connectivity index (χ1n) is 3.25. The fraction of sp³-hybridized carbons (Fsp3) is 0. The van der Waals surface area contributed by atoms with E-state index >= 15 is 0 Å². The summed E-state index contributed by atoms with van der Waals surface area (Å²) in [6.07, 6.45) is 0. The lowest BCUT2D eigenvalue weighted by Crippen LogP contribution is -2.11. The van der Waals surface area contributed by atoms with Crippen LogP contribution in [0.5, 0.6) is 0 Å². The molecule has 0 bridgehead atoms. The Kier molecular flexibility index (Phi) is 2.81. The van der Waals surface area contributed by atoms with Gasteiger partial charge in [0.2, 0.25) is 5.91 Å².